The second-order valence-electron chi connectivity index (χ2n) is 6.10. The van der Waals surface area contributed by atoms with Crippen molar-refractivity contribution in [3.63, 3.8) is 0 Å². The number of ether oxygens (including phenoxy) is 1. The number of fused-ring (bicyclic) bond motifs is 1. The van der Waals surface area contributed by atoms with Crippen LogP contribution in [0.25, 0.3) is 0 Å². The zero-order valence-corrected chi connectivity index (χ0v) is 15.1. The molecule has 2 aromatic rings. The van der Waals surface area contributed by atoms with Crippen LogP contribution < -0.4 is 15.5 Å². The molecule has 140 valence electrons. The van der Waals surface area contributed by atoms with Crippen LogP contribution in [-0.2, 0) is 14.3 Å². The van der Waals surface area contributed by atoms with Crippen molar-refractivity contribution in [1.29, 1.82) is 0 Å². The highest BCUT2D eigenvalue weighted by atomic mass is 16.5. The van der Waals surface area contributed by atoms with E-state index < -0.39 is 5.97 Å². The third-order valence-corrected chi connectivity index (χ3v) is 4.31. The number of para-hydroxylation sites is 2. The van der Waals surface area contributed by atoms with E-state index in [1.165, 1.54) is 4.90 Å². The summed E-state index contributed by atoms with van der Waals surface area (Å²) >= 11 is 0. The molecule has 2 N–H and O–H groups in total. The van der Waals surface area contributed by atoms with Gasteiger partial charge in [-0.2, -0.15) is 0 Å². The first kappa shape index (κ1) is 18.4. The topological polar surface area (TPSA) is 92.9 Å². The van der Waals surface area contributed by atoms with Crippen molar-refractivity contribution in [2.45, 2.75) is 13.3 Å². The van der Waals surface area contributed by atoms with Crippen LogP contribution in [0, 0.1) is 0 Å². The van der Waals surface area contributed by atoms with E-state index in [0.29, 0.717) is 22.6 Å². The molecule has 0 fully saturated rings. The van der Waals surface area contributed by atoms with E-state index in [-0.39, 0.29) is 37.9 Å². The maximum atomic E-state index is 13.0. The van der Waals surface area contributed by atoms with Gasteiger partial charge in [0.1, 0.15) is 6.54 Å². The Morgan fingerprint density at radius 2 is 1.74 bits per heavy atom. The van der Waals surface area contributed by atoms with Gasteiger partial charge in [-0.3, -0.25) is 19.3 Å². The Balaban J connectivity index is 1.97. The van der Waals surface area contributed by atoms with Crippen LogP contribution in [-0.4, -0.2) is 37.5 Å². The molecule has 7 heteroatoms. The lowest BCUT2D eigenvalue weighted by Crippen LogP contribution is -2.36. The van der Waals surface area contributed by atoms with Gasteiger partial charge < -0.3 is 15.4 Å². The fourth-order valence-electron chi connectivity index (χ4n) is 3.02. The number of carbonyl (C=O) groups excluding carboxylic acids is 3. The molecule has 0 atom stereocenters. The number of nitrogen functional groups attached to an aromatic ring is 1. The first-order valence-corrected chi connectivity index (χ1v) is 8.73. The van der Waals surface area contributed by atoms with Gasteiger partial charge in [0, 0.05) is 24.2 Å². The minimum absolute atomic E-state index is 0.106. The van der Waals surface area contributed by atoms with Gasteiger partial charge in [0.05, 0.1) is 18.0 Å². The van der Waals surface area contributed by atoms with E-state index in [4.69, 9.17) is 10.5 Å². The van der Waals surface area contributed by atoms with Crippen LogP contribution in [0.2, 0.25) is 0 Å². The normalized spacial score (nSPS) is 13.7. The third kappa shape index (κ3) is 3.92. The Morgan fingerprint density at radius 1 is 1.07 bits per heavy atom. The largest absolute Gasteiger partial charge is 0.465 e. The summed E-state index contributed by atoms with van der Waals surface area (Å²) in [6, 6.07) is 13.7. The molecule has 0 aromatic heterocycles. The van der Waals surface area contributed by atoms with Crippen molar-refractivity contribution in [1.82, 2.24) is 0 Å². The molecule has 2 amide bonds. The number of hydrogen-bond acceptors (Lipinski definition) is 5. The number of benzene rings is 2. The SMILES string of the molecule is CCOC(=O)CN1C(=O)CCN(C(=O)c2ccc(N)cc2)c2ccccc21. The Morgan fingerprint density at radius 3 is 2.41 bits per heavy atom. The van der Waals surface area contributed by atoms with Gasteiger partial charge in [-0.1, -0.05) is 12.1 Å². The Hall–Kier alpha value is -3.35. The predicted molar refractivity (Wildman–Crippen MR) is 103 cm³/mol. The molecule has 27 heavy (non-hydrogen) atoms. The van der Waals surface area contributed by atoms with Crippen LogP contribution in [0.3, 0.4) is 0 Å². The average molecular weight is 367 g/mol. The number of esters is 1. The molecule has 0 spiro atoms. The highest BCUT2D eigenvalue weighted by Crippen LogP contribution is 2.33. The van der Waals surface area contributed by atoms with Gasteiger partial charge in [0.25, 0.3) is 5.91 Å². The highest BCUT2D eigenvalue weighted by Gasteiger charge is 2.30. The maximum absolute atomic E-state index is 13.0. The number of nitrogens with zero attached hydrogens (tertiary/aromatic N) is 2. The summed E-state index contributed by atoms with van der Waals surface area (Å²) in [4.78, 5) is 40.5. The van der Waals surface area contributed by atoms with Crippen molar-refractivity contribution in [3.8, 4) is 0 Å². The molecule has 0 aliphatic carbocycles. The maximum Gasteiger partial charge on any atom is 0.326 e. The monoisotopic (exact) mass is 367 g/mol. The lowest BCUT2D eigenvalue weighted by molar-refractivity contribution is -0.142. The Labute approximate surface area is 157 Å². The van der Waals surface area contributed by atoms with Crippen molar-refractivity contribution in [2.75, 3.05) is 35.2 Å². The fourth-order valence-corrected chi connectivity index (χ4v) is 3.02. The first-order chi connectivity index (χ1) is 13.0. The van der Waals surface area contributed by atoms with Gasteiger partial charge >= 0.3 is 5.97 Å². The van der Waals surface area contributed by atoms with E-state index in [1.807, 2.05) is 0 Å². The second-order valence-corrected chi connectivity index (χ2v) is 6.10. The minimum atomic E-state index is -0.487. The molecule has 0 bridgehead atoms. The summed E-state index contributed by atoms with van der Waals surface area (Å²) in [6.07, 6.45) is 0.106. The number of hydrogen-bond donors (Lipinski definition) is 1. The number of anilines is 3. The molecule has 0 saturated carbocycles. The number of nitrogens with two attached hydrogens (primary N) is 1. The molecule has 1 aliphatic heterocycles. The standard InChI is InChI=1S/C20H21N3O4/c1-2-27-19(25)13-23-17-6-4-3-5-16(17)22(12-11-18(23)24)20(26)14-7-9-15(21)10-8-14/h3-10H,2,11-13,21H2,1H3. The van der Waals surface area contributed by atoms with Crippen LogP contribution >= 0.6 is 0 Å². The van der Waals surface area contributed by atoms with Crippen LogP contribution in [0.15, 0.2) is 48.5 Å². The predicted octanol–water partition coefficient (Wildman–Crippen LogP) is 2.22. The number of carbonyl (C=O) groups is 3. The molecule has 1 heterocycles. The summed E-state index contributed by atoms with van der Waals surface area (Å²) in [5, 5.41) is 0. The molecular formula is C20H21N3O4. The van der Waals surface area contributed by atoms with E-state index in [1.54, 1.807) is 60.4 Å². The Kier molecular flexibility index (Phi) is 5.40. The summed E-state index contributed by atoms with van der Waals surface area (Å²) < 4.78 is 4.98. The van der Waals surface area contributed by atoms with E-state index in [9.17, 15) is 14.4 Å². The van der Waals surface area contributed by atoms with Crippen LogP contribution in [0.4, 0.5) is 17.1 Å². The number of amides is 2. The zero-order valence-electron chi connectivity index (χ0n) is 15.1. The van der Waals surface area contributed by atoms with Crippen molar-refractivity contribution >= 4 is 34.8 Å². The van der Waals surface area contributed by atoms with Gasteiger partial charge in [-0.25, -0.2) is 0 Å². The summed E-state index contributed by atoms with van der Waals surface area (Å²) in [6.45, 7) is 1.99. The number of rotatable bonds is 4. The van der Waals surface area contributed by atoms with Gasteiger partial charge in [0.2, 0.25) is 5.91 Å². The van der Waals surface area contributed by atoms with Crippen LogP contribution in [0.5, 0.6) is 0 Å². The van der Waals surface area contributed by atoms with Crippen molar-refractivity contribution < 1.29 is 19.1 Å². The van der Waals surface area contributed by atoms with Crippen LogP contribution in [0.1, 0.15) is 23.7 Å². The molecule has 3 rings (SSSR count). The van der Waals surface area contributed by atoms with Gasteiger partial charge in [-0.05, 0) is 43.3 Å². The summed E-state index contributed by atoms with van der Waals surface area (Å²) in [7, 11) is 0. The van der Waals surface area contributed by atoms with E-state index in [2.05, 4.69) is 0 Å². The lowest BCUT2D eigenvalue weighted by atomic mass is 10.1. The molecule has 0 unspecified atom stereocenters. The van der Waals surface area contributed by atoms with Crippen molar-refractivity contribution in [2.24, 2.45) is 0 Å². The summed E-state index contributed by atoms with van der Waals surface area (Å²) in [5.41, 5.74) is 7.83. The lowest BCUT2D eigenvalue weighted by Gasteiger charge is -2.25. The van der Waals surface area contributed by atoms with E-state index >= 15 is 0 Å². The molecular weight excluding hydrogens is 346 g/mol. The summed E-state index contributed by atoms with van der Waals surface area (Å²) in [5.74, 6) is -0.949. The van der Waals surface area contributed by atoms with E-state index in [0.717, 1.165) is 0 Å². The van der Waals surface area contributed by atoms with Gasteiger partial charge in [-0.15, -0.1) is 0 Å². The molecule has 1 aliphatic rings. The fraction of sp³-hybridized carbons (Fsp3) is 0.250. The Bertz CT molecular complexity index is 864. The first-order valence-electron chi connectivity index (χ1n) is 8.73. The zero-order chi connectivity index (χ0) is 19.4. The average Bonchev–Trinajstić information content (AvgIpc) is 2.80. The minimum Gasteiger partial charge on any atom is -0.465 e. The third-order valence-electron chi connectivity index (χ3n) is 4.31. The van der Waals surface area contributed by atoms with Gasteiger partial charge in [0.15, 0.2) is 0 Å². The van der Waals surface area contributed by atoms with Crippen molar-refractivity contribution in [3.05, 3.63) is 54.1 Å². The quantitative estimate of drug-likeness (QED) is 0.661. The molecule has 7 nitrogen and oxygen atoms in total. The molecule has 0 radical (unpaired) electrons. The second kappa shape index (κ2) is 7.90. The molecule has 0 saturated heterocycles. The highest BCUT2D eigenvalue weighted by molar-refractivity contribution is 6.11. The molecule has 2 aromatic carbocycles. The smallest absolute Gasteiger partial charge is 0.326 e.